The maximum absolute atomic E-state index is 13.2. The van der Waals surface area contributed by atoms with Gasteiger partial charge in [0, 0.05) is 37.5 Å². The van der Waals surface area contributed by atoms with Crippen LogP contribution in [-0.4, -0.2) is 43.0 Å². The number of anilines is 2. The van der Waals surface area contributed by atoms with E-state index in [-0.39, 0.29) is 30.1 Å². The normalized spacial score (nSPS) is 16.7. The fraction of sp³-hybridized carbons (Fsp3) is 0.367. The van der Waals surface area contributed by atoms with Crippen molar-refractivity contribution < 1.29 is 28.6 Å². The average molecular weight is 550 g/mol. The molecule has 40 heavy (non-hydrogen) atoms. The van der Waals surface area contributed by atoms with Gasteiger partial charge in [0.05, 0.1) is 29.6 Å². The highest BCUT2D eigenvalue weighted by Gasteiger charge is 2.30. The van der Waals surface area contributed by atoms with Gasteiger partial charge in [-0.05, 0) is 56.0 Å². The zero-order chi connectivity index (χ0) is 28.3. The number of unbranched alkanes of at least 4 members (excludes halogenated alkanes) is 2. The standard InChI is InChI=1S/C30H35N3O7/c31-23-10-2-3-11-24(23)33-27(35)13-5-6-14-32-30(37)26-17-20(18-28(40-26)38-16-8-7-15-34)22-19-39-25-12-4-1-9-21(25)29(22)36/h1-4,9-12,17,19-20,28,34H,5-8,13-16,18,31H2,(H,32,37)(H,33,35)/t20-,28+/m1/s1. The highest BCUT2D eigenvalue weighted by atomic mass is 16.7. The van der Waals surface area contributed by atoms with Crippen molar-refractivity contribution in [3.05, 3.63) is 82.4 Å². The molecule has 1 aliphatic heterocycles. The second-order valence-corrected chi connectivity index (χ2v) is 9.59. The zero-order valence-electron chi connectivity index (χ0n) is 22.3. The van der Waals surface area contributed by atoms with Crippen molar-refractivity contribution in [3.8, 4) is 0 Å². The van der Waals surface area contributed by atoms with Crippen molar-refractivity contribution in [2.24, 2.45) is 0 Å². The number of hydrogen-bond acceptors (Lipinski definition) is 8. The van der Waals surface area contributed by atoms with Crippen LogP contribution in [0, 0.1) is 0 Å². The summed E-state index contributed by atoms with van der Waals surface area (Å²) < 4.78 is 17.4. The number of nitrogens with two attached hydrogens (primary N) is 1. The Bertz CT molecular complexity index is 1400. The SMILES string of the molecule is Nc1ccccc1NC(=O)CCCCNC(=O)C1=C[C@@H](c2coc3ccccc3c2=O)C[C@@H](OCCCCO)O1. The second kappa shape index (κ2) is 14.3. The van der Waals surface area contributed by atoms with Gasteiger partial charge in [-0.2, -0.15) is 0 Å². The van der Waals surface area contributed by atoms with E-state index in [1.807, 2.05) is 0 Å². The molecule has 0 saturated carbocycles. The minimum Gasteiger partial charge on any atom is -0.464 e. The number of fused-ring (bicyclic) bond motifs is 1. The van der Waals surface area contributed by atoms with Crippen molar-refractivity contribution in [1.29, 1.82) is 0 Å². The summed E-state index contributed by atoms with van der Waals surface area (Å²) in [5.41, 5.74) is 7.67. The molecule has 3 aromatic rings. The second-order valence-electron chi connectivity index (χ2n) is 9.59. The van der Waals surface area contributed by atoms with Crippen molar-refractivity contribution >= 4 is 34.2 Å². The number of amides is 2. The van der Waals surface area contributed by atoms with E-state index in [0.29, 0.717) is 73.2 Å². The quantitative estimate of drug-likeness (QED) is 0.186. The first kappa shape index (κ1) is 28.8. The van der Waals surface area contributed by atoms with E-state index in [0.717, 1.165) is 0 Å². The first-order valence-corrected chi connectivity index (χ1v) is 13.5. The first-order chi connectivity index (χ1) is 19.5. The van der Waals surface area contributed by atoms with Crippen molar-refractivity contribution in [2.75, 3.05) is 30.8 Å². The summed E-state index contributed by atoms with van der Waals surface area (Å²) in [6, 6.07) is 14.1. The van der Waals surface area contributed by atoms with Crippen LogP contribution in [0.1, 0.15) is 50.0 Å². The first-order valence-electron chi connectivity index (χ1n) is 13.5. The molecule has 0 saturated heterocycles. The largest absolute Gasteiger partial charge is 0.464 e. The third kappa shape index (κ3) is 7.71. The van der Waals surface area contributed by atoms with Crippen LogP contribution in [0.25, 0.3) is 11.0 Å². The summed E-state index contributed by atoms with van der Waals surface area (Å²) >= 11 is 0. The number of benzene rings is 2. The molecule has 10 heteroatoms. The number of ether oxygens (including phenoxy) is 2. The van der Waals surface area contributed by atoms with Crippen molar-refractivity contribution in [1.82, 2.24) is 5.32 Å². The molecule has 5 N–H and O–H groups in total. The molecule has 0 fully saturated rings. The molecule has 2 amide bonds. The molecule has 2 atom stereocenters. The summed E-state index contributed by atoms with van der Waals surface area (Å²) in [6.07, 6.45) is 5.30. The number of rotatable bonds is 13. The van der Waals surface area contributed by atoms with E-state index < -0.39 is 18.1 Å². The summed E-state index contributed by atoms with van der Waals surface area (Å²) in [4.78, 5) is 38.4. The fourth-order valence-corrected chi connectivity index (χ4v) is 4.44. The molecule has 2 heterocycles. The van der Waals surface area contributed by atoms with Gasteiger partial charge in [0.25, 0.3) is 5.91 Å². The maximum Gasteiger partial charge on any atom is 0.286 e. The van der Waals surface area contributed by atoms with Gasteiger partial charge in [-0.3, -0.25) is 14.4 Å². The third-order valence-corrected chi connectivity index (χ3v) is 6.59. The number of hydrogen-bond donors (Lipinski definition) is 4. The van der Waals surface area contributed by atoms with Gasteiger partial charge in [-0.25, -0.2) is 0 Å². The Labute approximate surface area is 232 Å². The Morgan fingerprint density at radius 2 is 1.85 bits per heavy atom. The Kier molecular flexibility index (Phi) is 10.3. The third-order valence-electron chi connectivity index (χ3n) is 6.59. The minimum absolute atomic E-state index is 0.0607. The Morgan fingerprint density at radius 3 is 2.67 bits per heavy atom. The summed E-state index contributed by atoms with van der Waals surface area (Å²) in [5, 5.41) is 15.1. The van der Waals surface area contributed by atoms with Crippen LogP contribution in [0.4, 0.5) is 11.4 Å². The number of aliphatic hydroxyl groups is 1. The van der Waals surface area contributed by atoms with Crippen LogP contribution in [0.15, 0.2) is 75.8 Å². The van der Waals surface area contributed by atoms with E-state index in [1.165, 1.54) is 6.26 Å². The van der Waals surface area contributed by atoms with E-state index >= 15 is 0 Å². The lowest BCUT2D eigenvalue weighted by Gasteiger charge is -2.29. The zero-order valence-corrected chi connectivity index (χ0v) is 22.3. The van der Waals surface area contributed by atoms with Gasteiger partial charge in [-0.1, -0.05) is 24.3 Å². The summed E-state index contributed by atoms with van der Waals surface area (Å²) in [7, 11) is 0. The minimum atomic E-state index is -0.741. The van der Waals surface area contributed by atoms with Gasteiger partial charge in [0.15, 0.2) is 11.2 Å². The number of nitrogens with one attached hydrogen (secondary N) is 2. The molecule has 0 spiro atoms. The molecule has 4 rings (SSSR count). The molecule has 0 unspecified atom stereocenters. The topological polar surface area (TPSA) is 153 Å². The lowest BCUT2D eigenvalue weighted by Crippen LogP contribution is -2.34. The number of carbonyl (C=O) groups excluding carboxylic acids is 2. The lowest BCUT2D eigenvalue weighted by atomic mass is 9.93. The molecule has 0 radical (unpaired) electrons. The van der Waals surface area contributed by atoms with Gasteiger partial charge in [0.2, 0.25) is 12.2 Å². The number of para-hydroxylation sites is 3. The average Bonchev–Trinajstić information content (AvgIpc) is 2.96. The van der Waals surface area contributed by atoms with Crippen LogP contribution in [-0.2, 0) is 19.1 Å². The van der Waals surface area contributed by atoms with E-state index in [9.17, 15) is 14.4 Å². The highest BCUT2D eigenvalue weighted by Crippen LogP contribution is 2.31. The monoisotopic (exact) mass is 549 g/mol. The van der Waals surface area contributed by atoms with Crippen molar-refractivity contribution in [2.45, 2.75) is 50.7 Å². The molecule has 0 aliphatic carbocycles. The number of nitrogen functional groups attached to an aromatic ring is 1. The molecule has 1 aliphatic rings. The van der Waals surface area contributed by atoms with E-state index in [4.69, 9.17) is 24.7 Å². The molecule has 10 nitrogen and oxygen atoms in total. The molecular formula is C30H35N3O7. The molecule has 2 aromatic carbocycles. The molecule has 1 aromatic heterocycles. The van der Waals surface area contributed by atoms with Gasteiger partial charge >= 0.3 is 0 Å². The van der Waals surface area contributed by atoms with E-state index in [1.54, 1.807) is 54.6 Å². The number of carbonyl (C=O) groups is 2. The van der Waals surface area contributed by atoms with Crippen molar-refractivity contribution in [3.63, 3.8) is 0 Å². The van der Waals surface area contributed by atoms with Crippen LogP contribution in [0.5, 0.6) is 0 Å². The summed E-state index contributed by atoms with van der Waals surface area (Å²) in [5.74, 6) is -0.971. The van der Waals surface area contributed by atoms with Crippen LogP contribution >= 0.6 is 0 Å². The molecule has 212 valence electrons. The lowest BCUT2D eigenvalue weighted by molar-refractivity contribution is -0.146. The fourth-order valence-electron chi connectivity index (χ4n) is 4.44. The molecular weight excluding hydrogens is 514 g/mol. The highest BCUT2D eigenvalue weighted by molar-refractivity contribution is 5.93. The van der Waals surface area contributed by atoms with Gasteiger partial charge in [0.1, 0.15) is 5.58 Å². The number of allylic oxidation sites excluding steroid dienone is 1. The van der Waals surface area contributed by atoms with Gasteiger partial charge < -0.3 is 35.4 Å². The van der Waals surface area contributed by atoms with Crippen LogP contribution in [0.2, 0.25) is 0 Å². The Hall–Kier alpha value is -4.15. The smallest absolute Gasteiger partial charge is 0.286 e. The number of aliphatic hydroxyl groups excluding tert-OH is 1. The Morgan fingerprint density at radius 1 is 1.05 bits per heavy atom. The summed E-state index contributed by atoms with van der Waals surface area (Å²) in [6.45, 7) is 0.742. The predicted molar refractivity (Wildman–Crippen MR) is 151 cm³/mol. The van der Waals surface area contributed by atoms with Crippen LogP contribution < -0.4 is 21.8 Å². The van der Waals surface area contributed by atoms with E-state index in [2.05, 4.69) is 10.6 Å². The molecule has 0 bridgehead atoms. The van der Waals surface area contributed by atoms with Crippen LogP contribution in [0.3, 0.4) is 0 Å². The maximum atomic E-state index is 13.2. The predicted octanol–water partition coefficient (Wildman–Crippen LogP) is 3.80. The van der Waals surface area contributed by atoms with Gasteiger partial charge in [-0.15, -0.1) is 0 Å². The Balaban J connectivity index is 1.35.